The number of hydrogen-bond donors (Lipinski definition) is 0. The topological polar surface area (TPSA) is 51.2 Å². The normalized spacial score (nSPS) is 13.4. The van der Waals surface area contributed by atoms with Crippen molar-refractivity contribution >= 4 is 15.6 Å². The molecule has 1 aromatic rings. The molecule has 0 aliphatic heterocycles. The second kappa shape index (κ2) is 4.78. The smallest absolute Gasteiger partial charge is 0.180 e. The molecule has 0 aliphatic carbocycles. The van der Waals surface area contributed by atoms with Crippen LogP contribution in [0.15, 0.2) is 24.3 Å². The van der Waals surface area contributed by atoms with Gasteiger partial charge >= 0.3 is 0 Å². The molecule has 0 aliphatic rings. The summed E-state index contributed by atoms with van der Waals surface area (Å²) in [5.74, 6) is -0.315. The maximum absolute atomic E-state index is 12.0. The van der Waals surface area contributed by atoms with Gasteiger partial charge in [0.15, 0.2) is 15.6 Å². The lowest BCUT2D eigenvalue weighted by molar-refractivity contribution is 0.0985. The molecule has 0 radical (unpaired) electrons. The molecule has 0 aromatic heterocycles. The standard InChI is InChI=1S/C12H16O3S/c1-4-11(16(3,14)15)12(13)10-7-5-9(2)6-8-10/h5-8,11H,4H2,1-3H3. The molecule has 0 saturated carbocycles. The predicted molar refractivity (Wildman–Crippen MR) is 64.4 cm³/mol. The molecule has 0 fully saturated rings. The number of ketones is 1. The Labute approximate surface area is 96.4 Å². The molecule has 0 saturated heterocycles. The van der Waals surface area contributed by atoms with Crippen LogP contribution in [0.5, 0.6) is 0 Å². The van der Waals surface area contributed by atoms with E-state index >= 15 is 0 Å². The molecule has 0 bridgehead atoms. The van der Waals surface area contributed by atoms with Gasteiger partial charge in [0, 0.05) is 11.8 Å². The maximum Gasteiger partial charge on any atom is 0.180 e. The molecule has 1 aromatic carbocycles. The molecular weight excluding hydrogens is 224 g/mol. The highest BCUT2D eigenvalue weighted by Gasteiger charge is 2.27. The van der Waals surface area contributed by atoms with E-state index in [0.717, 1.165) is 11.8 Å². The Morgan fingerprint density at radius 1 is 1.25 bits per heavy atom. The molecule has 4 heteroatoms. The van der Waals surface area contributed by atoms with Gasteiger partial charge in [0.05, 0.1) is 0 Å². The molecule has 88 valence electrons. The molecule has 1 unspecified atom stereocenters. The fourth-order valence-corrected chi connectivity index (χ4v) is 2.72. The fourth-order valence-electron chi connectivity index (χ4n) is 1.59. The summed E-state index contributed by atoms with van der Waals surface area (Å²) in [6.07, 6.45) is 1.42. The zero-order valence-corrected chi connectivity index (χ0v) is 10.5. The summed E-state index contributed by atoms with van der Waals surface area (Å²) in [6.45, 7) is 3.62. The summed E-state index contributed by atoms with van der Waals surface area (Å²) in [4.78, 5) is 12.0. The van der Waals surface area contributed by atoms with Crippen LogP contribution in [0.2, 0.25) is 0 Å². The second-order valence-corrected chi connectivity index (χ2v) is 6.18. The molecule has 0 N–H and O–H groups in total. The summed E-state index contributed by atoms with van der Waals surface area (Å²) in [5.41, 5.74) is 1.51. The number of carbonyl (C=O) groups is 1. The van der Waals surface area contributed by atoms with Gasteiger partial charge in [0.25, 0.3) is 0 Å². The lowest BCUT2D eigenvalue weighted by Crippen LogP contribution is -2.28. The second-order valence-electron chi connectivity index (χ2n) is 3.96. The van der Waals surface area contributed by atoms with Crippen LogP contribution in [-0.2, 0) is 9.84 Å². The van der Waals surface area contributed by atoms with Crippen molar-refractivity contribution < 1.29 is 13.2 Å². The minimum absolute atomic E-state index is 0.311. The van der Waals surface area contributed by atoms with Crippen LogP contribution < -0.4 is 0 Å². The first-order chi connectivity index (χ1) is 7.36. The largest absolute Gasteiger partial charge is 0.293 e. The Balaban J connectivity index is 3.06. The zero-order valence-electron chi connectivity index (χ0n) is 9.73. The number of carbonyl (C=O) groups excluding carboxylic acids is 1. The number of rotatable bonds is 4. The van der Waals surface area contributed by atoms with Gasteiger partial charge in [-0.25, -0.2) is 8.42 Å². The monoisotopic (exact) mass is 240 g/mol. The molecule has 16 heavy (non-hydrogen) atoms. The van der Waals surface area contributed by atoms with Crippen LogP contribution in [0.4, 0.5) is 0 Å². The lowest BCUT2D eigenvalue weighted by Gasteiger charge is -2.11. The quantitative estimate of drug-likeness (QED) is 0.756. The number of Topliss-reactive ketones (excluding diaryl/α,β-unsaturated/α-hetero) is 1. The van der Waals surface area contributed by atoms with Gasteiger partial charge in [-0.1, -0.05) is 36.8 Å². The average Bonchev–Trinajstić information content (AvgIpc) is 2.17. The van der Waals surface area contributed by atoms with Crippen molar-refractivity contribution in [2.24, 2.45) is 0 Å². The number of benzene rings is 1. The highest BCUT2D eigenvalue weighted by atomic mass is 32.2. The molecular formula is C12H16O3S. The van der Waals surface area contributed by atoms with E-state index in [4.69, 9.17) is 0 Å². The van der Waals surface area contributed by atoms with Gasteiger partial charge < -0.3 is 0 Å². The number of sulfone groups is 1. The third-order valence-electron chi connectivity index (χ3n) is 2.52. The Morgan fingerprint density at radius 3 is 2.12 bits per heavy atom. The molecule has 0 spiro atoms. The Bertz CT molecular complexity index is 471. The first kappa shape index (κ1) is 12.9. The van der Waals surface area contributed by atoms with E-state index in [1.165, 1.54) is 0 Å². The van der Waals surface area contributed by atoms with Crippen molar-refractivity contribution in [3.63, 3.8) is 0 Å². The van der Waals surface area contributed by atoms with Gasteiger partial charge in [-0.15, -0.1) is 0 Å². The van der Waals surface area contributed by atoms with Crippen LogP contribution in [0.25, 0.3) is 0 Å². The third-order valence-corrected chi connectivity index (χ3v) is 4.10. The molecule has 0 heterocycles. The van der Waals surface area contributed by atoms with E-state index in [9.17, 15) is 13.2 Å². The van der Waals surface area contributed by atoms with Crippen LogP contribution in [0.3, 0.4) is 0 Å². The van der Waals surface area contributed by atoms with Crippen LogP contribution in [0.1, 0.15) is 29.3 Å². The summed E-state index contributed by atoms with van der Waals surface area (Å²) >= 11 is 0. The Hall–Kier alpha value is -1.16. The summed E-state index contributed by atoms with van der Waals surface area (Å²) < 4.78 is 22.8. The average molecular weight is 240 g/mol. The van der Waals surface area contributed by atoms with Gasteiger partial charge in [0.1, 0.15) is 5.25 Å². The van der Waals surface area contributed by atoms with Gasteiger partial charge in [-0.3, -0.25) is 4.79 Å². The van der Waals surface area contributed by atoms with Crippen molar-refractivity contribution in [3.8, 4) is 0 Å². The SMILES string of the molecule is CCC(C(=O)c1ccc(C)cc1)S(C)(=O)=O. The van der Waals surface area contributed by atoms with Gasteiger partial charge in [0.2, 0.25) is 0 Å². The van der Waals surface area contributed by atoms with Crippen molar-refractivity contribution in [2.75, 3.05) is 6.26 Å². The minimum Gasteiger partial charge on any atom is -0.293 e. The van der Waals surface area contributed by atoms with Crippen molar-refractivity contribution in [2.45, 2.75) is 25.5 Å². The summed E-state index contributed by atoms with van der Waals surface area (Å²) in [5, 5.41) is -0.921. The van der Waals surface area contributed by atoms with Crippen molar-refractivity contribution in [1.29, 1.82) is 0 Å². The van der Waals surface area contributed by atoms with Crippen LogP contribution in [-0.4, -0.2) is 25.7 Å². The highest BCUT2D eigenvalue weighted by Crippen LogP contribution is 2.13. The number of hydrogen-bond acceptors (Lipinski definition) is 3. The first-order valence-electron chi connectivity index (χ1n) is 5.16. The minimum atomic E-state index is -3.32. The van der Waals surface area contributed by atoms with Crippen molar-refractivity contribution in [3.05, 3.63) is 35.4 Å². The van der Waals surface area contributed by atoms with Gasteiger partial charge in [-0.2, -0.15) is 0 Å². The van der Waals surface area contributed by atoms with E-state index in [-0.39, 0.29) is 5.78 Å². The third kappa shape index (κ3) is 2.92. The van der Waals surface area contributed by atoms with E-state index in [1.54, 1.807) is 19.1 Å². The van der Waals surface area contributed by atoms with Crippen LogP contribution in [0, 0.1) is 6.92 Å². The Morgan fingerprint density at radius 2 is 1.75 bits per heavy atom. The van der Waals surface area contributed by atoms with Crippen LogP contribution >= 0.6 is 0 Å². The number of aryl methyl sites for hydroxylation is 1. The summed E-state index contributed by atoms with van der Waals surface area (Å²) in [6, 6.07) is 6.96. The molecule has 1 rings (SSSR count). The van der Waals surface area contributed by atoms with E-state index in [2.05, 4.69) is 0 Å². The molecule has 0 amide bonds. The highest BCUT2D eigenvalue weighted by molar-refractivity contribution is 7.92. The van der Waals surface area contributed by atoms with Crippen molar-refractivity contribution in [1.82, 2.24) is 0 Å². The predicted octanol–water partition coefficient (Wildman–Crippen LogP) is 2.00. The fraction of sp³-hybridized carbons (Fsp3) is 0.417. The Kier molecular flexibility index (Phi) is 3.86. The zero-order chi connectivity index (χ0) is 12.3. The first-order valence-corrected chi connectivity index (χ1v) is 7.11. The van der Waals surface area contributed by atoms with E-state index in [0.29, 0.717) is 12.0 Å². The lowest BCUT2D eigenvalue weighted by atomic mass is 10.1. The van der Waals surface area contributed by atoms with E-state index in [1.807, 2.05) is 19.1 Å². The molecule has 1 atom stereocenters. The van der Waals surface area contributed by atoms with E-state index < -0.39 is 15.1 Å². The molecule has 3 nitrogen and oxygen atoms in total. The summed E-state index contributed by atoms with van der Waals surface area (Å²) in [7, 11) is -3.32. The maximum atomic E-state index is 12.0. The van der Waals surface area contributed by atoms with Gasteiger partial charge in [-0.05, 0) is 13.3 Å².